The van der Waals surface area contributed by atoms with Gasteiger partial charge in [-0.2, -0.15) is 0 Å². The molecule has 0 aliphatic carbocycles. The fourth-order valence-electron chi connectivity index (χ4n) is 6.57. The lowest BCUT2D eigenvalue weighted by molar-refractivity contribution is 0.585. The van der Waals surface area contributed by atoms with Crippen LogP contribution in [0.25, 0.3) is 44.3 Å². The summed E-state index contributed by atoms with van der Waals surface area (Å²) in [6.45, 7) is 3.23. The SMILES string of the molecule is CNC1CCN(c2nc(-c3c(F)cccc3F)c3ccccc3n2)C1.CNC1CCN(c2nc(-c3ccc(F)cc3F)c3ccccc3n2)C1. The number of likely N-dealkylation sites (N-methyl/N-ethyl adjacent to an activating group) is 2. The molecule has 0 bridgehead atoms. The normalized spacial score (nSPS) is 17.4. The second kappa shape index (κ2) is 14.3. The minimum Gasteiger partial charge on any atom is -0.339 e. The molecule has 8 nitrogen and oxygen atoms in total. The predicted octanol–water partition coefficient (Wildman–Crippen LogP) is 6.75. The van der Waals surface area contributed by atoms with Crippen molar-refractivity contribution in [1.82, 2.24) is 30.6 Å². The standard InChI is InChI=1S/2C19H18F2N4/c1-22-12-9-10-25(11-12)19-23-16-8-3-2-5-13(16)18(24-19)17-14(20)6-4-7-15(17)21;1-22-13-8-9-25(11-13)19-23-17-5-3-2-4-15(17)18(24-19)14-7-6-12(20)10-16(14)21/h2-8,12,22H,9-11H2,1H3;2-7,10,13,22H,8-9,11H2,1H3. The molecule has 256 valence electrons. The summed E-state index contributed by atoms with van der Waals surface area (Å²) in [6, 6.07) is 23.0. The maximum absolute atomic E-state index is 14.4. The molecule has 2 fully saturated rings. The lowest BCUT2D eigenvalue weighted by Crippen LogP contribution is -2.30. The van der Waals surface area contributed by atoms with Crippen molar-refractivity contribution >= 4 is 33.7 Å². The van der Waals surface area contributed by atoms with Crippen LogP contribution < -0.4 is 20.4 Å². The van der Waals surface area contributed by atoms with E-state index in [2.05, 4.69) is 40.4 Å². The third kappa shape index (κ3) is 6.68. The van der Waals surface area contributed by atoms with E-state index in [1.807, 2.05) is 56.6 Å². The van der Waals surface area contributed by atoms with Crippen LogP contribution in [0.5, 0.6) is 0 Å². The van der Waals surface area contributed by atoms with E-state index in [4.69, 9.17) is 0 Å². The Hall–Kier alpha value is -5.20. The Morgan fingerprint density at radius 3 is 1.62 bits per heavy atom. The van der Waals surface area contributed by atoms with Crippen molar-refractivity contribution < 1.29 is 17.6 Å². The highest BCUT2D eigenvalue weighted by molar-refractivity contribution is 5.94. The van der Waals surface area contributed by atoms with Gasteiger partial charge < -0.3 is 20.4 Å². The Morgan fingerprint density at radius 1 is 0.580 bits per heavy atom. The second-order valence-electron chi connectivity index (χ2n) is 12.4. The number of hydrogen-bond acceptors (Lipinski definition) is 8. The van der Waals surface area contributed by atoms with Gasteiger partial charge in [-0.15, -0.1) is 0 Å². The number of anilines is 2. The summed E-state index contributed by atoms with van der Waals surface area (Å²) < 4.78 is 56.4. The highest BCUT2D eigenvalue weighted by Crippen LogP contribution is 2.33. The van der Waals surface area contributed by atoms with Crippen LogP contribution in [0, 0.1) is 23.3 Å². The summed E-state index contributed by atoms with van der Waals surface area (Å²) in [5, 5.41) is 7.90. The number of halogens is 4. The molecule has 0 spiro atoms. The molecule has 50 heavy (non-hydrogen) atoms. The van der Waals surface area contributed by atoms with Crippen molar-refractivity contribution in [3.05, 3.63) is 108 Å². The number of aromatic nitrogens is 4. The van der Waals surface area contributed by atoms with E-state index in [-0.39, 0.29) is 11.1 Å². The van der Waals surface area contributed by atoms with Crippen molar-refractivity contribution in [2.75, 3.05) is 50.1 Å². The molecule has 0 radical (unpaired) electrons. The quantitative estimate of drug-likeness (QED) is 0.187. The van der Waals surface area contributed by atoms with E-state index < -0.39 is 23.3 Å². The second-order valence-corrected chi connectivity index (χ2v) is 12.4. The van der Waals surface area contributed by atoms with E-state index >= 15 is 0 Å². The van der Waals surface area contributed by atoms with Crippen LogP contribution in [-0.2, 0) is 0 Å². The van der Waals surface area contributed by atoms with E-state index in [1.165, 1.54) is 30.3 Å². The van der Waals surface area contributed by atoms with Gasteiger partial charge >= 0.3 is 0 Å². The number of hydrogen-bond donors (Lipinski definition) is 2. The molecule has 2 aromatic heterocycles. The van der Waals surface area contributed by atoms with Gasteiger partial charge in [0.25, 0.3) is 0 Å². The molecule has 0 saturated carbocycles. The summed E-state index contributed by atoms with van der Waals surface area (Å²) in [4.78, 5) is 22.6. The lowest BCUT2D eigenvalue weighted by atomic mass is 10.1. The third-order valence-corrected chi connectivity index (χ3v) is 9.33. The number of fused-ring (bicyclic) bond motifs is 2. The minimum atomic E-state index is -0.621. The van der Waals surface area contributed by atoms with Gasteiger partial charge in [-0.3, -0.25) is 0 Å². The lowest BCUT2D eigenvalue weighted by Gasteiger charge is -2.18. The summed E-state index contributed by atoms with van der Waals surface area (Å²) in [5.41, 5.74) is 2.39. The van der Waals surface area contributed by atoms with E-state index in [9.17, 15) is 17.6 Å². The van der Waals surface area contributed by atoms with Crippen molar-refractivity contribution in [2.24, 2.45) is 0 Å². The van der Waals surface area contributed by atoms with Crippen LogP contribution >= 0.6 is 0 Å². The van der Waals surface area contributed by atoms with Crippen LogP contribution in [0.3, 0.4) is 0 Å². The van der Waals surface area contributed by atoms with Gasteiger partial charge in [0.2, 0.25) is 11.9 Å². The molecule has 4 heterocycles. The summed E-state index contributed by atoms with van der Waals surface area (Å²) in [6.07, 6.45) is 1.99. The topological polar surface area (TPSA) is 82.1 Å². The Balaban J connectivity index is 0.000000157. The average Bonchev–Trinajstić information content (AvgIpc) is 3.82. The van der Waals surface area contributed by atoms with Gasteiger partial charge in [0.15, 0.2) is 0 Å². The molecule has 0 amide bonds. The maximum Gasteiger partial charge on any atom is 0.226 e. The van der Waals surface area contributed by atoms with Crippen molar-refractivity contribution in [3.8, 4) is 22.5 Å². The van der Waals surface area contributed by atoms with Crippen molar-refractivity contribution in [3.63, 3.8) is 0 Å². The maximum atomic E-state index is 14.4. The van der Waals surface area contributed by atoms with E-state index in [1.54, 1.807) is 6.07 Å². The molecule has 2 unspecified atom stereocenters. The summed E-state index contributed by atoms with van der Waals surface area (Å²) >= 11 is 0. The van der Waals surface area contributed by atoms with Gasteiger partial charge in [-0.05, 0) is 63.3 Å². The highest BCUT2D eigenvalue weighted by Gasteiger charge is 2.26. The Morgan fingerprint density at radius 2 is 1.10 bits per heavy atom. The number of nitrogens with one attached hydrogen (secondary N) is 2. The fourth-order valence-corrected chi connectivity index (χ4v) is 6.57. The number of nitrogens with zero attached hydrogens (tertiary/aromatic N) is 6. The molecule has 2 aliphatic rings. The molecular weight excluding hydrogens is 644 g/mol. The summed E-state index contributed by atoms with van der Waals surface area (Å²) in [7, 11) is 3.87. The predicted molar refractivity (Wildman–Crippen MR) is 189 cm³/mol. The van der Waals surface area contributed by atoms with Gasteiger partial charge in [-0.1, -0.05) is 42.5 Å². The largest absolute Gasteiger partial charge is 0.339 e. The first kappa shape index (κ1) is 33.3. The zero-order valence-corrected chi connectivity index (χ0v) is 27.7. The average molecular weight is 681 g/mol. The smallest absolute Gasteiger partial charge is 0.226 e. The van der Waals surface area contributed by atoms with Gasteiger partial charge in [0.1, 0.15) is 23.3 Å². The zero-order valence-electron chi connectivity index (χ0n) is 27.7. The first-order valence-corrected chi connectivity index (χ1v) is 16.6. The third-order valence-electron chi connectivity index (χ3n) is 9.33. The van der Waals surface area contributed by atoms with Crippen LogP contribution in [0.4, 0.5) is 29.5 Å². The molecular formula is C38H36F4N8. The monoisotopic (exact) mass is 680 g/mol. The van der Waals surface area contributed by atoms with E-state index in [0.29, 0.717) is 46.3 Å². The van der Waals surface area contributed by atoms with Crippen molar-refractivity contribution in [1.29, 1.82) is 0 Å². The zero-order chi connectivity index (χ0) is 34.8. The van der Waals surface area contributed by atoms with Gasteiger partial charge in [-0.25, -0.2) is 37.5 Å². The fraction of sp³-hybridized carbons (Fsp3) is 0.263. The molecule has 2 N–H and O–H groups in total. The van der Waals surface area contributed by atoms with E-state index in [0.717, 1.165) is 56.0 Å². The molecule has 8 rings (SSSR count). The molecule has 2 atom stereocenters. The Labute approximate surface area is 287 Å². The van der Waals surface area contributed by atoms with Crippen LogP contribution in [0.15, 0.2) is 84.9 Å². The van der Waals surface area contributed by atoms with Crippen molar-refractivity contribution in [2.45, 2.75) is 24.9 Å². The molecule has 2 saturated heterocycles. The Kier molecular flexibility index (Phi) is 9.55. The van der Waals surface area contributed by atoms with Crippen LogP contribution in [0.2, 0.25) is 0 Å². The van der Waals surface area contributed by atoms with Gasteiger partial charge in [0, 0.05) is 60.7 Å². The van der Waals surface area contributed by atoms with Gasteiger partial charge in [0.05, 0.1) is 28.0 Å². The first-order valence-electron chi connectivity index (χ1n) is 16.6. The number of rotatable bonds is 6. The highest BCUT2D eigenvalue weighted by atomic mass is 19.1. The van der Waals surface area contributed by atoms with Crippen LogP contribution in [0.1, 0.15) is 12.8 Å². The molecule has 2 aliphatic heterocycles. The first-order chi connectivity index (χ1) is 24.3. The number of para-hydroxylation sites is 2. The molecule has 4 aromatic carbocycles. The minimum absolute atomic E-state index is 0.105. The summed E-state index contributed by atoms with van der Waals surface area (Å²) in [5.74, 6) is -1.38. The molecule has 6 aromatic rings. The number of benzene rings is 4. The Bertz CT molecular complexity index is 2140. The molecule has 12 heteroatoms. The van der Waals surface area contributed by atoms with Crippen LogP contribution in [-0.4, -0.2) is 72.3 Å².